The number of amides is 2. The van der Waals surface area contributed by atoms with Crippen LogP contribution < -0.4 is 26.2 Å². The normalized spacial score (nSPS) is 11.2. The Bertz CT molecular complexity index is 1140. The molecule has 0 unspecified atom stereocenters. The van der Waals surface area contributed by atoms with Crippen molar-refractivity contribution in [3.05, 3.63) is 53.9 Å². The molecule has 1 aromatic heterocycles. The van der Waals surface area contributed by atoms with Crippen molar-refractivity contribution in [1.82, 2.24) is 20.4 Å². The SMILES string of the molecule is COc1cc(/C=N/NC(=O)Cn2c(C(C)C)nc3ccccc32)ccc1OCC(=O)NN. The molecule has 3 rings (SSSR count). The van der Waals surface area contributed by atoms with Gasteiger partial charge in [-0.25, -0.2) is 16.3 Å². The number of nitrogens with one attached hydrogen (secondary N) is 2. The van der Waals surface area contributed by atoms with Crippen LogP contribution in [0.1, 0.15) is 31.2 Å². The number of carbonyl (C=O) groups excluding carboxylic acids is 2. The van der Waals surface area contributed by atoms with Gasteiger partial charge < -0.3 is 14.0 Å². The average Bonchev–Trinajstić information content (AvgIpc) is 3.16. The molecule has 0 aliphatic carbocycles. The number of imidazole rings is 1. The molecule has 0 radical (unpaired) electrons. The van der Waals surface area contributed by atoms with Crippen molar-refractivity contribution in [2.45, 2.75) is 26.3 Å². The first-order valence-electron chi connectivity index (χ1n) is 10.00. The monoisotopic (exact) mass is 438 g/mol. The lowest BCUT2D eigenvalue weighted by Gasteiger charge is -2.11. The molecule has 0 aliphatic rings. The van der Waals surface area contributed by atoms with E-state index in [1.165, 1.54) is 13.3 Å². The zero-order valence-corrected chi connectivity index (χ0v) is 18.2. The molecule has 0 aliphatic heterocycles. The highest BCUT2D eigenvalue weighted by Crippen LogP contribution is 2.27. The van der Waals surface area contributed by atoms with Gasteiger partial charge in [0.05, 0.1) is 24.4 Å². The molecule has 2 amide bonds. The summed E-state index contributed by atoms with van der Waals surface area (Å²) in [6, 6.07) is 12.7. The van der Waals surface area contributed by atoms with E-state index >= 15 is 0 Å². The van der Waals surface area contributed by atoms with Crippen LogP contribution in [-0.4, -0.2) is 41.3 Å². The average molecular weight is 438 g/mol. The second-order valence-corrected chi connectivity index (χ2v) is 7.26. The van der Waals surface area contributed by atoms with Gasteiger partial charge in [-0.1, -0.05) is 26.0 Å². The topological polar surface area (TPSA) is 133 Å². The first-order chi connectivity index (χ1) is 15.4. The van der Waals surface area contributed by atoms with Crippen LogP contribution in [0.15, 0.2) is 47.6 Å². The summed E-state index contributed by atoms with van der Waals surface area (Å²) in [5.41, 5.74) is 6.96. The number of hydrogen-bond donors (Lipinski definition) is 3. The minimum atomic E-state index is -0.466. The number of hydrogen-bond acceptors (Lipinski definition) is 7. The quantitative estimate of drug-likeness (QED) is 0.202. The predicted octanol–water partition coefficient (Wildman–Crippen LogP) is 1.69. The Kier molecular flexibility index (Phi) is 7.40. The number of benzene rings is 2. The number of methoxy groups -OCH3 is 1. The smallest absolute Gasteiger partial charge is 0.271 e. The Balaban J connectivity index is 1.66. The number of hydrazone groups is 1. The summed E-state index contributed by atoms with van der Waals surface area (Å²) in [6.07, 6.45) is 1.49. The summed E-state index contributed by atoms with van der Waals surface area (Å²) in [6.45, 7) is 3.94. The van der Waals surface area contributed by atoms with Crippen molar-refractivity contribution in [1.29, 1.82) is 0 Å². The van der Waals surface area contributed by atoms with E-state index in [4.69, 9.17) is 15.3 Å². The van der Waals surface area contributed by atoms with E-state index in [1.54, 1.807) is 18.2 Å². The third kappa shape index (κ3) is 5.41. The Morgan fingerprint density at radius 2 is 1.97 bits per heavy atom. The maximum Gasteiger partial charge on any atom is 0.271 e. The number of fused-ring (bicyclic) bond motifs is 1. The second-order valence-electron chi connectivity index (χ2n) is 7.26. The van der Waals surface area contributed by atoms with Crippen LogP contribution in [0.4, 0.5) is 0 Å². The lowest BCUT2D eigenvalue weighted by molar-refractivity contribution is -0.123. The zero-order chi connectivity index (χ0) is 23.1. The first kappa shape index (κ1) is 22.8. The van der Waals surface area contributed by atoms with Gasteiger partial charge in [-0.15, -0.1) is 0 Å². The summed E-state index contributed by atoms with van der Waals surface area (Å²) in [5.74, 6) is 6.10. The Hall–Kier alpha value is -3.92. The van der Waals surface area contributed by atoms with Crippen molar-refractivity contribution >= 4 is 29.1 Å². The number of rotatable bonds is 9. The van der Waals surface area contributed by atoms with Gasteiger partial charge in [-0.3, -0.25) is 15.0 Å². The number of para-hydroxylation sites is 2. The van der Waals surface area contributed by atoms with Crippen LogP contribution in [0.2, 0.25) is 0 Å². The standard InChI is InChI=1S/C22H26N6O4/c1-14(2)22-25-16-6-4-5-7-17(16)28(22)12-20(29)27-24-11-15-8-9-18(19(10-15)31-3)32-13-21(30)26-23/h4-11,14H,12-13,23H2,1-3H3,(H,26,30)(H,27,29)/b24-11+. The van der Waals surface area contributed by atoms with Crippen LogP contribution >= 0.6 is 0 Å². The molecule has 4 N–H and O–H groups in total. The third-order valence-corrected chi connectivity index (χ3v) is 4.61. The molecule has 1 heterocycles. The van der Waals surface area contributed by atoms with Crippen molar-refractivity contribution in [3.63, 3.8) is 0 Å². The molecule has 3 aromatic rings. The van der Waals surface area contributed by atoms with Crippen LogP contribution in [0.5, 0.6) is 11.5 Å². The van der Waals surface area contributed by atoms with Gasteiger partial charge in [0.15, 0.2) is 18.1 Å². The van der Waals surface area contributed by atoms with E-state index in [0.717, 1.165) is 16.9 Å². The molecule has 0 spiro atoms. The molecule has 2 aromatic carbocycles. The summed E-state index contributed by atoms with van der Waals surface area (Å²) in [7, 11) is 1.48. The highest BCUT2D eigenvalue weighted by molar-refractivity contribution is 5.84. The van der Waals surface area contributed by atoms with Crippen LogP contribution in [-0.2, 0) is 16.1 Å². The van der Waals surface area contributed by atoms with Crippen molar-refractivity contribution in [2.75, 3.05) is 13.7 Å². The number of carbonyl (C=O) groups is 2. The molecule has 0 atom stereocenters. The van der Waals surface area contributed by atoms with Crippen molar-refractivity contribution < 1.29 is 19.1 Å². The van der Waals surface area contributed by atoms with E-state index < -0.39 is 5.91 Å². The number of hydrazine groups is 1. The van der Waals surface area contributed by atoms with Gasteiger partial charge in [-0.2, -0.15) is 5.10 Å². The molecule has 32 heavy (non-hydrogen) atoms. The van der Waals surface area contributed by atoms with Gasteiger partial charge in [0, 0.05) is 5.92 Å². The van der Waals surface area contributed by atoms with Crippen LogP contribution in [0.25, 0.3) is 11.0 Å². The summed E-state index contributed by atoms with van der Waals surface area (Å²) in [4.78, 5) is 28.4. The Labute approximate surface area is 185 Å². The molecule has 10 nitrogen and oxygen atoms in total. The summed E-state index contributed by atoms with van der Waals surface area (Å²) < 4.78 is 12.5. The summed E-state index contributed by atoms with van der Waals surface area (Å²) in [5, 5.41) is 4.03. The highest BCUT2D eigenvalue weighted by atomic mass is 16.5. The molecular formula is C22H26N6O4. The molecular weight excluding hydrogens is 412 g/mol. The fourth-order valence-electron chi connectivity index (χ4n) is 3.13. The lowest BCUT2D eigenvalue weighted by Crippen LogP contribution is -2.34. The lowest BCUT2D eigenvalue weighted by atomic mass is 10.2. The maximum absolute atomic E-state index is 12.5. The number of nitrogens with zero attached hydrogens (tertiary/aromatic N) is 3. The molecule has 0 bridgehead atoms. The molecule has 0 saturated heterocycles. The second kappa shape index (κ2) is 10.4. The maximum atomic E-state index is 12.5. The predicted molar refractivity (Wildman–Crippen MR) is 120 cm³/mol. The summed E-state index contributed by atoms with van der Waals surface area (Å²) >= 11 is 0. The molecule has 0 fully saturated rings. The van der Waals surface area contributed by atoms with E-state index in [0.29, 0.717) is 17.1 Å². The minimum Gasteiger partial charge on any atom is -0.493 e. The van der Waals surface area contributed by atoms with E-state index in [9.17, 15) is 9.59 Å². The van der Waals surface area contributed by atoms with Crippen LogP contribution in [0, 0.1) is 0 Å². The van der Waals surface area contributed by atoms with E-state index in [1.807, 2.05) is 48.1 Å². The Morgan fingerprint density at radius 1 is 1.19 bits per heavy atom. The van der Waals surface area contributed by atoms with Gasteiger partial charge in [0.25, 0.3) is 11.8 Å². The van der Waals surface area contributed by atoms with Gasteiger partial charge in [0.2, 0.25) is 0 Å². The highest BCUT2D eigenvalue weighted by Gasteiger charge is 2.15. The van der Waals surface area contributed by atoms with Gasteiger partial charge in [-0.05, 0) is 35.9 Å². The third-order valence-electron chi connectivity index (χ3n) is 4.61. The molecule has 0 saturated carbocycles. The fourth-order valence-corrected chi connectivity index (χ4v) is 3.13. The number of aromatic nitrogens is 2. The minimum absolute atomic E-state index is 0.102. The van der Waals surface area contributed by atoms with E-state index in [2.05, 4.69) is 15.5 Å². The number of nitrogens with two attached hydrogens (primary N) is 1. The van der Waals surface area contributed by atoms with Gasteiger partial charge >= 0.3 is 0 Å². The van der Waals surface area contributed by atoms with Crippen molar-refractivity contribution in [2.24, 2.45) is 10.9 Å². The van der Waals surface area contributed by atoms with E-state index in [-0.39, 0.29) is 25.0 Å². The first-order valence-corrected chi connectivity index (χ1v) is 10.00. The number of ether oxygens (including phenoxy) is 2. The van der Waals surface area contributed by atoms with Gasteiger partial charge in [0.1, 0.15) is 12.4 Å². The largest absolute Gasteiger partial charge is 0.493 e. The molecule has 10 heteroatoms. The molecule has 168 valence electrons. The zero-order valence-electron chi connectivity index (χ0n) is 18.2. The Morgan fingerprint density at radius 3 is 2.69 bits per heavy atom. The fraction of sp³-hybridized carbons (Fsp3) is 0.273. The van der Waals surface area contributed by atoms with Crippen LogP contribution in [0.3, 0.4) is 0 Å². The van der Waals surface area contributed by atoms with Crippen molar-refractivity contribution in [3.8, 4) is 11.5 Å².